The summed E-state index contributed by atoms with van der Waals surface area (Å²) in [7, 11) is -10.6. The summed E-state index contributed by atoms with van der Waals surface area (Å²) in [5, 5.41) is 22.0. The molecule has 3 aliphatic heterocycles. The number of nitrogen functional groups attached to an aromatic ring is 2. The SMILES string of the molecule is Nc1ncnc2c1ncn2[C@@H]1O[C@@H]2COP(=O)([O-])O[C@H]3[C@@H](O)[C@H](COP(=O)([O-])O[C@@H]1[C@@H]2O)O[C@@H]3n1cnc2c(N)ncnc21. The predicted molar refractivity (Wildman–Crippen MR) is 136 cm³/mol. The minimum absolute atomic E-state index is 0.0110. The maximum atomic E-state index is 13.0. The van der Waals surface area contributed by atoms with Gasteiger partial charge in [-0.25, -0.2) is 29.9 Å². The van der Waals surface area contributed by atoms with Gasteiger partial charge in [0, 0.05) is 0 Å². The lowest BCUT2D eigenvalue weighted by molar-refractivity contribution is -0.239. The second kappa shape index (κ2) is 10.7. The van der Waals surface area contributed by atoms with E-state index < -0.39 is 77.9 Å². The van der Waals surface area contributed by atoms with Crippen LogP contribution in [-0.2, 0) is 36.7 Å². The molecule has 7 heterocycles. The van der Waals surface area contributed by atoms with E-state index >= 15 is 0 Å². The maximum Gasteiger partial charge on any atom is 0.268 e. The van der Waals surface area contributed by atoms with Crippen LogP contribution in [0.2, 0.25) is 0 Å². The van der Waals surface area contributed by atoms with Crippen molar-refractivity contribution in [1.29, 1.82) is 0 Å². The van der Waals surface area contributed by atoms with E-state index in [0.29, 0.717) is 0 Å². The second-order valence-electron chi connectivity index (χ2n) is 9.90. The Morgan fingerprint density at radius 1 is 0.727 bits per heavy atom. The molecule has 44 heavy (non-hydrogen) atoms. The Morgan fingerprint density at radius 2 is 1.14 bits per heavy atom. The summed E-state index contributed by atoms with van der Waals surface area (Å²) in [6, 6.07) is 0. The van der Waals surface area contributed by atoms with E-state index in [1.54, 1.807) is 0 Å². The summed E-state index contributed by atoms with van der Waals surface area (Å²) in [5.41, 5.74) is 12.2. The highest BCUT2D eigenvalue weighted by Gasteiger charge is 2.51. The Balaban J connectivity index is 1.22. The second-order valence-corrected chi connectivity index (χ2v) is 12.6. The Bertz CT molecular complexity index is 1690. The van der Waals surface area contributed by atoms with E-state index in [1.807, 2.05) is 0 Å². The van der Waals surface area contributed by atoms with Crippen molar-refractivity contribution < 1.29 is 56.7 Å². The zero-order chi connectivity index (χ0) is 31.0. The molecule has 0 aliphatic carbocycles. The van der Waals surface area contributed by atoms with Crippen LogP contribution >= 0.6 is 15.6 Å². The molecule has 4 bridgehead atoms. The van der Waals surface area contributed by atoms with Crippen LogP contribution < -0.4 is 21.3 Å². The smallest absolute Gasteiger partial charge is 0.268 e. The molecule has 0 amide bonds. The Labute approximate surface area is 244 Å². The highest BCUT2D eigenvalue weighted by molar-refractivity contribution is 7.46. The minimum Gasteiger partial charge on any atom is -0.756 e. The van der Waals surface area contributed by atoms with E-state index in [9.17, 15) is 29.1 Å². The zero-order valence-corrected chi connectivity index (χ0v) is 23.7. The molecule has 2 unspecified atom stereocenters. The van der Waals surface area contributed by atoms with Gasteiger partial charge in [0.05, 0.1) is 25.9 Å². The number of hydrogen-bond donors (Lipinski definition) is 4. The fourth-order valence-corrected chi connectivity index (χ4v) is 7.02. The van der Waals surface area contributed by atoms with Gasteiger partial charge >= 0.3 is 0 Å². The largest absolute Gasteiger partial charge is 0.756 e. The third-order valence-corrected chi connectivity index (χ3v) is 9.18. The number of imidazole rings is 2. The molecule has 7 rings (SSSR count). The van der Waals surface area contributed by atoms with Crippen LogP contribution in [0.25, 0.3) is 22.3 Å². The number of aromatic nitrogens is 8. The molecular formula is C20H22N10O12P2-2. The fraction of sp³-hybridized carbons (Fsp3) is 0.500. The van der Waals surface area contributed by atoms with Crippen molar-refractivity contribution in [2.45, 2.75) is 49.1 Å². The van der Waals surface area contributed by atoms with Gasteiger partial charge in [0.25, 0.3) is 15.6 Å². The summed E-state index contributed by atoms with van der Waals surface area (Å²) in [4.78, 5) is 50.0. The molecule has 24 heteroatoms. The van der Waals surface area contributed by atoms with Gasteiger partial charge in [0.2, 0.25) is 0 Å². The molecule has 0 saturated carbocycles. The highest BCUT2D eigenvalue weighted by Crippen LogP contribution is 2.51. The van der Waals surface area contributed by atoms with Crippen molar-refractivity contribution >= 4 is 49.6 Å². The first-order valence-electron chi connectivity index (χ1n) is 12.7. The minimum atomic E-state index is -5.29. The number of phosphoric ester groups is 2. The van der Waals surface area contributed by atoms with Crippen molar-refractivity contribution in [1.82, 2.24) is 39.0 Å². The zero-order valence-electron chi connectivity index (χ0n) is 21.9. The monoisotopic (exact) mass is 656 g/mol. The number of ether oxygens (including phenoxy) is 2. The standard InChI is InChI=1S/C20H24N10O12P2/c21-15-9-17(25-3-23-15)29(5-27-9)19-13-11(31)7(39-19)1-37-43(33,34)41-14-12(32)8(2-38-44(35,36)42-13)40-20(14)30-6-28-10-16(22)24-4-26-18(10)30/h3-8,11-14,19-20,31-32H,1-2H2,(H,33,34)(H,35,36)(H2,21,23,25)(H2,22,24,26)/p-2/t7-,8+,11-,12+,13-,14+,19-,20+. The highest BCUT2D eigenvalue weighted by atomic mass is 31.2. The summed E-state index contributed by atoms with van der Waals surface area (Å²) in [6.45, 7) is -1.72. The molecule has 4 aromatic rings. The van der Waals surface area contributed by atoms with Gasteiger partial charge in [0.1, 0.15) is 60.3 Å². The van der Waals surface area contributed by atoms with Crippen molar-refractivity contribution in [2.24, 2.45) is 0 Å². The molecule has 0 radical (unpaired) electrons. The number of nitrogens with zero attached hydrogens (tertiary/aromatic N) is 8. The third-order valence-electron chi connectivity index (χ3n) is 7.24. The predicted octanol–water partition coefficient (Wildman–Crippen LogP) is -2.90. The number of anilines is 2. The Hall–Kier alpha value is -3.24. The van der Waals surface area contributed by atoms with Crippen LogP contribution in [0.1, 0.15) is 12.5 Å². The van der Waals surface area contributed by atoms with Crippen LogP contribution in [0.3, 0.4) is 0 Å². The van der Waals surface area contributed by atoms with Gasteiger partial charge in [-0.2, -0.15) is 0 Å². The molecule has 22 nitrogen and oxygen atoms in total. The molecule has 6 N–H and O–H groups in total. The molecule has 236 valence electrons. The molecule has 3 aliphatic rings. The summed E-state index contributed by atoms with van der Waals surface area (Å²) >= 11 is 0. The van der Waals surface area contributed by atoms with Crippen molar-refractivity contribution in [3.05, 3.63) is 25.3 Å². The number of aliphatic hydroxyl groups is 2. The number of hydrogen-bond acceptors (Lipinski definition) is 20. The Morgan fingerprint density at radius 3 is 1.55 bits per heavy atom. The average Bonchev–Trinajstić information content (AvgIpc) is 3.73. The van der Waals surface area contributed by atoms with Crippen LogP contribution in [-0.4, -0.2) is 99.1 Å². The number of phosphoric acid groups is 2. The number of nitrogens with two attached hydrogens (primary N) is 2. The first-order valence-corrected chi connectivity index (χ1v) is 15.7. The number of fused-ring (bicyclic) bond motifs is 6. The Kier molecular flexibility index (Phi) is 7.16. The van der Waals surface area contributed by atoms with Gasteiger partial charge in [-0.1, -0.05) is 0 Å². The van der Waals surface area contributed by atoms with Crippen LogP contribution in [0.15, 0.2) is 25.3 Å². The van der Waals surface area contributed by atoms with Gasteiger partial charge in [-0.3, -0.25) is 18.3 Å². The molecule has 0 aromatic carbocycles. The van der Waals surface area contributed by atoms with E-state index in [4.69, 9.17) is 39.0 Å². The van der Waals surface area contributed by atoms with E-state index in [2.05, 4.69) is 29.9 Å². The van der Waals surface area contributed by atoms with E-state index in [0.717, 1.165) is 12.7 Å². The maximum absolute atomic E-state index is 13.0. The normalized spacial score (nSPS) is 38.3. The molecule has 3 fully saturated rings. The van der Waals surface area contributed by atoms with Crippen LogP contribution in [0, 0.1) is 0 Å². The molecule has 4 aromatic heterocycles. The first-order chi connectivity index (χ1) is 20.9. The molecule has 0 spiro atoms. The lowest BCUT2D eigenvalue weighted by Crippen LogP contribution is -2.39. The van der Waals surface area contributed by atoms with Gasteiger partial charge < -0.3 is 59.0 Å². The van der Waals surface area contributed by atoms with E-state index in [1.165, 1.54) is 21.8 Å². The van der Waals surface area contributed by atoms with Gasteiger partial charge in [-0.05, 0) is 0 Å². The number of aliphatic hydroxyl groups excluding tert-OH is 2. The topological polar surface area (TPSA) is 315 Å². The average molecular weight is 656 g/mol. The van der Waals surface area contributed by atoms with Crippen molar-refractivity contribution in [3.8, 4) is 0 Å². The number of rotatable bonds is 2. The molecular weight excluding hydrogens is 634 g/mol. The molecule has 10 atom stereocenters. The van der Waals surface area contributed by atoms with Gasteiger partial charge in [0.15, 0.2) is 35.4 Å². The summed E-state index contributed by atoms with van der Waals surface area (Å²) in [6.07, 6.45) is -8.19. The van der Waals surface area contributed by atoms with E-state index in [-0.39, 0.29) is 34.0 Å². The van der Waals surface area contributed by atoms with Crippen molar-refractivity contribution in [2.75, 3.05) is 24.7 Å². The third kappa shape index (κ3) is 5.04. The van der Waals surface area contributed by atoms with Crippen LogP contribution in [0.5, 0.6) is 0 Å². The van der Waals surface area contributed by atoms with Crippen molar-refractivity contribution in [3.63, 3.8) is 0 Å². The van der Waals surface area contributed by atoms with Gasteiger partial charge in [-0.15, -0.1) is 0 Å². The summed E-state index contributed by atoms with van der Waals surface area (Å²) in [5.74, 6) is 0.0219. The quantitative estimate of drug-likeness (QED) is 0.157. The first kappa shape index (κ1) is 29.5. The lowest BCUT2D eigenvalue weighted by atomic mass is 10.1. The molecule has 3 saturated heterocycles. The lowest BCUT2D eigenvalue weighted by Gasteiger charge is -2.32. The van der Waals surface area contributed by atoms with Crippen LogP contribution in [0.4, 0.5) is 11.6 Å². The fourth-order valence-electron chi connectivity index (χ4n) is 5.19. The summed E-state index contributed by atoms with van der Waals surface area (Å²) < 4.78 is 60.6.